The molecule has 4 rings (SSSR count). The van der Waals surface area contributed by atoms with Crippen LogP contribution in [-0.2, 0) is 17.6 Å². The molecule has 1 aliphatic carbocycles. The van der Waals surface area contributed by atoms with E-state index < -0.39 is 0 Å². The maximum absolute atomic E-state index is 12.8. The molecular weight excluding hydrogens is 358 g/mol. The number of carbonyl (C=O) groups is 1. The van der Waals surface area contributed by atoms with Gasteiger partial charge < -0.3 is 10.1 Å². The summed E-state index contributed by atoms with van der Waals surface area (Å²) in [5.74, 6) is 0.665. The van der Waals surface area contributed by atoms with Gasteiger partial charge in [0.2, 0.25) is 5.91 Å². The molecule has 138 valence electrons. The summed E-state index contributed by atoms with van der Waals surface area (Å²) in [6.07, 6.45) is 4.13. The molecule has 0 aliphatic heterocycles. The van der Waals surface area contributed by atoms with Crippen molar-refractivity contribution in [2.24, 2.45) is 5.92 Å². The van der Waals surface area contributed by atoms with E-state index in [2.05, 4.69) is 10.3 Å². The minimum absolute atomic E-state index is 0.0392. The Balaban J connectivity index is 1.50. The molecule has 0 spiro atoms. The minimum atomic E-state index is -0.0558. The van der Waals surface area contributed by atoms with Gasteiger partial charge in [0.1, 0.15) is 10.8 Å². The normalized spacial score (nSPS) is 15.9. The lowest BCUT2D eigenvalue weighted by molar-refractivity contribution is -0.120. The number of nitrogens with one attached hydrogen (secondary N) is 1. The highest BCUT2D eigenvalue weighted by molar-refractivity contribution is 7.15. The molecule has 1 aliphatic rings. The van der Waals surface area contributed by atoms with E-state index in [0.717, 1.165) is 46.9 Å². The van der Waals surface area contributed by atoms with Crippen LogP contribution in [0.25, 0.3) is 10.7 Å². The van der Waals surface area contributed by atoms with Crippen molar-refractivity contribution < 1.29 is 9.53 Å². The summed E-state index contributed by atoms with van der Waals surface area (Å²) < 4.78 is 5.37. The molecule has 1 N–H and O–H groups in total. The highest BCUT2D eigenvalue weighted by Crippen LogP contribution is 2.35. The van der Waals surface area contributed by atoms with Gasteiger partial charge in [-0.25, -0.2) is 4.98 Å². The summed E-state index contributed by atoms with van der Waals surface area (Å²) in [5.41, 5.74) is 3.81. The summed E-state index contributed by atoms with van der Waals surface area (Å²) in [5, 5.41) is 3.98. The number of methoxy groups -OCH3 is 1. The number of ether oxygens (including phenoxy) is 1. The van der Waals surface area contributed by atoms with Crippen molar-refractivity contribution in [1.82, 2.24) is 9.97 Å². The molecule has 27 heavy (non-hydrogen) atoms. The number of hydrogen-bond donors (Lipinski definition) is 1. The predicted octanol–water partition coefficient (Wildman–Crippen LogP) is 4.27. The Morgan fingerprint density at radius 2 is 2.19 bits per heavy atom. The standard InChI is InChI=1S/C21H21N3O2S/c1-13-6-9-18(26-2)17(11-13)23-20(25)14-7-8-15-19(12-14)27-21(24-15)16-5-3-4-10-22-16/h3-6,9-11,14H,7-8,12H2,1-2H3,(H,23,25). The van der Waals surface area contributed by atoms with E-state index in [1.807, 2.05) is 43.3 Å². The van der Waals surface area contributed by atoms with Crippen molar-refractivity contribution >= 4 is 22.9 Å². The Hall–Kier alpha value is -2.73. The van der Waals surface area contributed by atoms with Crippen molar-refractivity contribution in [3.05, 3.63) is 58.7 Å². The number of carbonyl (C=O) groups excluding carboxylic acids is 1. The molecule has 3 aromatic rings. The molecule has 0 fully saturated rings. The monoisotopic (exact) mass is 379 g/mol. The van der Waals surface area contributed by atoms with E-state index in [1.54, 1.807) is 24.6 Å². The summed E-state index contributed by atoms with van der Waals surface area (Å²) in [7, 11) is 1.61. The van der Waals surface area contributed by atoms with Crippen molar-refractivity contribution in [3.8, 4) is 16.5 Å². The average molecular weight is 379 g/mol. The van der Waals surface area contributed by atoms with E-state index in [0.29, 0.717) is 5.75 Å². The molecule has 0 bridgehead atoms. The average Bonchev–Trinajstić information content (AvgIpc) is 3.12. The van der Waals surface area contributed by atoms with Gasteiger partial charge in [-0.1, -0.05) is 12.1 Å². The van der Waals surface area contributed by atoms with Gasteiger partial charge in [0, 0.05) is 17.0 Å². The Kier molecular flexibility index (Phi) is 4.90. The fourth-order valence-corrected chi connectivity index (χ4v) is 4.52. The Morgan fingerprint density at radius 1 is 1.30 bits per heavy atom. The van der Waals surface area contributed by atoms with Gasteiger partial charge in [0.15, 0.2) is 0 Å². The first-order valence-electron chi connectivity index (χ1n) is 8.99. The van der Waals surface area contributed by atoms with Crippen LogP contribution in [0.3, 0.4) is 0 Å². The van der Waals surface area contributed by atoms with Crippen molar-refractivity contribution in [3.63, 3.8) is 0 Å². The fourth-order valence-electron chi connectivity index (χ4n) is 3.35. The smallest absolute Gasteiger partial charge is 0.227 e. The maximum atomic E-state index is 12.8. The van der Waals surface area contributed by atoms with Crippen LogP contribution in [0.1, 0.15) is 22.6 Å². The third-order valence-electron chi connectivity index (χ3n) is 4.81. The van der Waals surface area contributed by atoms with Gasteiger partial charge in [-0.3, -0.25) is 9.78 Å². The molecule has 1 amide bonds. The molecular formula is C21H21N3O2S. The van der Waals surface area contributed by atoms with Crippen LogP contribution in [0.4, 0.5) is 5.69 Å². The maximum Gasteiger partial charge on any atom is 0.227 e. The van der Waals surface area contributed by atoms with E-state index in [1.165, 1.54) is 4.88 Å². The van der Waals surface area contributed by atoms with Gasteiger partial charge in [0.25, 0.3) is 0 Å². The molecule has 1 unspecified atom stereocenters. The fraction of sp³-hybridized carbons (Fsp3) is 0.286. The first kappa shape index (κ1) is 17.7. The van der Waals surface area contributed by atoms with Gasteiger partial charge in [-0.15, -0.1) is 11.3 Å². The molecule has 1 atom stereocenters. The molecule has 2 aromatic heterocycles. The topological polar surface area (TPSA) is 64.1 Å². The number of rotatable bonds is 4. The minimum Gasteiger partial charge on any atom is -0.495 e. The number of fused-ring (bicyclic) bond motifs is 1. The van der Waals surface area contributed by atoms with Crippen LogP contribution in [0.15, 0.2) is 42.6 Å². The zero-order chi connectivity index (χ0) is 18.8. The van der Waals surface area contributed by atoms with Gasteiger partial charge in [0.05, 0.1) is 24.2 Å². The van der Waals surface area contributed by atoms with Crippen LogP contribution >= 0.6 is 11.3 Å². The molecule has 2 heterocycles. The summed E-state index contributed by atoms with van der Waals surface area (Å²) >= 11 is 1.65. The number of amides is 1. The third kappa shape index (κ3) is 3.71. The van der Waals surface area contributed by atoms with E-state index in [-0.39, 0.29) is 11.8 Å². The second-order valence-corrected chi connectivity index (χ2v) is 7.82. The largest absolute Gasteiger partial charge is 0.495 e. The first-order chi connectivity index (χ1) is 13.1. The second-order valence-electron chi connectivity index (χ2n) is 6.74. The lowest BCUT2D eigenvalue weighted by Gasteiger charge is -2.21. The first-order valence-corrected chi connectivity index (χ1v) is 9.81. The molecule has 0 saturated carbocycles. The number of thiazole rings is 1. The number of aromatic nitrogens is 2. The highest BCUT2D eigenvalue weighted by atomic mass is 32.1. The quantitative estimate of drug-likeness (QED) is 0.735. The predicted molar refractivity (Wildman–Crippen MR) is 107 cm³/mol. The van der Waals surface area contributed by atoms with Crippen molar-refractivity contribution in [1.29, 1.82) is 0 Å². The summed E-state index contributed by atoms with van der Waals surface area (Å²) in [4.78, 5) is 23.2. The zero-order valence-corrected chi connectivity index (χ0v) is 16.2. The number of anilines is 1. The second kappa shape index (κ2) is 7.48. The van der Waals surface area contributed by atoms with Crippen LogP contribution in [-0.4, -0.2) is 23.0 Å². The van der Waals surface area contributed by atoms with E-state index in [4.69, 9.17) is 9.72 Å². The van der Waals surface area contributed by atoms with E-state index in [9.17, 15) is 4.79 Å². The lowest BCUT2D eigenvalue weighted by Crippen LogP contribution is -2.27. The third-order valence-corrected chi connectivity index (χ3v) is 5.95. The van der Waals surface area contributed by atoms with Crippen molar-refractivity contribution in [2.45, 2.75) is 26.2 Å². The number of aryl methyl sites for hydroxylation is 2. The summed E-state index contributed by atoms with van der Waals surface area (Å²) in [6, 6.07) is 11.6. The van der Waals surface area contributed by atoms with E-state index >= 15 is 0 Å². The number of hydrogen-bond acceptors (Lipinski definition) is 5. The van der Waals surface area contributed by atoms with Gasteiger partial charge in [-0.2, -0.15) is 0 Å². The number of benzene rings is 1. The SMILES string of the molecule is COc1ccc(C)cc1NC(=O)C1CCc2nc(-c3ccccn3)sc2C1. The Labute approximate surface area is 162 Å². The zero-order valence-electron chi connectivity index (χ0n) is 15.4. The lowest BCUT2D eigenvalue weighted by atomic mass is 9.90. The van der Waals surface area contributed by atoms with Crippen LogP contribution in [0.5, 0.6) is 5.75 Å². The molecule has 0 saturated heterocycles. The number of pyridine rings is 1. The molecule has 0 radical (unpaired) electrons. The van der Waals surface area contributed by atoms with Crippen LogP contribution < -0.4 is 10.1 Å². The summed E-state index contributed by atoms with van der Waals surface area (Å²) in [6.45, 7) is 2.00. The van der Waals surface area contributed by atoms with Crippen LogP contribution in [0.2, 0.25) is 0 Å². The number of nitrogens with zero attached hydrogens (tertiary/aromatic N) is 2. The Bertz CT molecular complexity index is 969. The molecule has 6 heteroatoms. The Morgan fingerprint density at radius 3 is 2.96 bits per heavy atom. The highest BCUT2D eigenvalue weighted by Gasteiger charge is 2.28. The van der Waals surface area contributed by atoms with Gasteiger partial charge in [-0.05, 0) is 56.0 Å². The molecule has 1 aromatic carbocycles. The van der Waals surface area contributed by atoms with Crippen LogP contribution in [0, 0.1) is 12.8 Å². The van der Waals surface area contributed by atoms with Gasteiger partial charge >= 0.3 is 0 Å². The van der Waals surface area contributed by atoms with Crippen molar-refractivity contribution in [2.75, 3.05) is 12.4 Å². The molecule has 5 nitrogen and oxygen atoms in total.